The Labute approximate surface area is 241 Å². The van der Waals surface area contributed by atoms with Crippen molar-refractivity contribution in [3.05, 3.63) is 95.0 Å². The number of fused-ring (bicyclic) bond motifs is 2. The van der Waals surface area contributed by atoms with Crippen molar-refractivity contribution in [3.63, 3.8) is 0 Å². The molecule has 8 nitrogen and oxygen atoms in total. The molecule has 10 atom stereocenters. The van der Waals surface area contributed by atoms with Crippen LogP contribution in [-0.4, -0.2) is 35.7 Å². The Morgan fingerprint density at radius 1 is 0.667 bits per heavy atom. The van der Waals surface area contributed by atoms with Crippen LogP contribution in [0.25, 0.3) is 0 Å². The number of hydrogen-bond acceptors (Lipinski definition) is 8. The third-order valence-corrected chi connectivity index (χ3v) is 10.8. The van der Waals surface area contributed by atoms with E-state index in [0.29, 0.717) is 17.1 Å². The number of carbonyl (C=O) groups excluding carboxylic acids is 4. The molecule has 0 unspecified atom stereocenters. The van der Waals surface area contributed by atoms with Gasteiger partial charge in [0.1, 0.15) is 41.3 Å². The molecule has 42 heavy (non-hydrogen) atoms. The fourth-order valence-corrected chi connectivity index (χ4v) is 9.35. The largest absolute Gasteiger partial charge is 0.489 e. The lowest BCUT2D eigenvalue weighted by Crippen LogP contribution is -2.68. The van der Waals surface area contributed by atoms with E-state index in [0.717, 1.165) is 11.1 Å². The molecule has 2 aromatic rings. The molecule has 0 N–H and O–H groups in total. The third kappa shape index (κ3) is 3.02. The van der Waals surface area contributed by atoms with Crippen molar-refractivity contribution in [2.24, 2.45) is 35.0 Å². The van der Waals surface area contributed by atoms with Crippen LogP contribution in [0.1, 0.15) is 49.0 Å². The topological polar surface area (TPSA) is 105 Å². The van der Waals surface area contributed by atoms with Gasteiger partial charge < -0.3 is 18.9 Å². The Morgan fingerprint density at radius 2 is 1.31 bits per heavy atom. The number of esters is 2. The minimum atomic E-state index is -1.26. The molecule has 0 amide bonds. The SMILES string of the molecule is O=C1C[C@@H]2C3=C(O[C@H](c4ccccc4)CC3=O)[C@@H]3[C@@H]([C@H]4C=C5O[C@@H](c6ccccc6)CC(=O)[C@@]53[C@H]3CC(=O)O[C@H]43)[C@H]2O1. The summed E-state index contributed by atoms with van der Waals surface area (Å²) in [5.41, 5.74) is 0.981. The standard InChI is InChI=1S/C34H28O8/c35-21-14-22(16-7-3-1-4-8-16)40-33-28(21)19-12-26(37)42-32(19)29-18-11-25-34(30(29)33,20-13-27(38)41-31(18)20)24(36)15-23(39-25)17-9-5-2-6-10-17/h1-11,18-20,22-23,29-32H,12-15H2/t18-,19-,20+,22+,23-,29-,30+,31-,32+,34+/m1/s1. The van der Waals surface area contributed by atoms with E-state index in [2.05, 4.69) is 0 Å². The zero-order valence-electron chi connectivity index (χ0n) is 22.6. The van der Waals surface area contributed by atoms with E-state index in [1.165, 1.54) is 0 Å². The number of ketones is 2. The maximum Gasteiger partial charge on any atom is 0.306 e. The van der Waals surface area contributed by atoms with Gasteiger partial charge in [-0.05, 0) is 17.2 Å². The molecule has 0 aromatic heterocycles. The molecular weight excluding hydrogens is 536 g/mol. The van der Waals surface area contributed by atoms with Gasteiger partial charge in [-0.3, -0.25) is 19.2 Å². The molecule has 2 aromatic carbocycles. The summed E-state index contributed by atoms with van der Waals surface area (Å²) in [6, 6.07) is 19.3. The molecule has 8 aliphatic rings. The zero-order valence-corrected chi connectivity index (χ0v) is 22.6. The van der Waals surface area contributed by atoms with Crippen LogP contribution in [0.4, 0.5) is 0 Å². The third-order valence-electron chi connectivity index (χ3n) is 10.8. The van der Waals surface area contributed by atoms with Crippen LogP contribution in [0.3, 0.4) is 0 Å². The van der Waals surface area contributed by atoms with Crippen molar-refractivity contribution in [1.82, 2.24) is 0 Å². The van der Waals surface area contributed by atoms with Gasteiger partial charge in [0, 0.05) is 41.6 Å². The lowest BCUT2D eigenvalue weighted by atomic mass is 9.41. The Kier molecular flexibility index (Phi) is 4.90. The van der Waals surface area contributed by atoms with Crippen molar-refractivity contribution in [2.45, 2.75) is 50.1 Å². The van der Waals surface area contributed by atoms with Gasteiger partial charge >= 0.3 is 11.9 Å². The number of allylic oxidation sites excluding steroid dienone is 2. The summed E-state index contributed by atoms with van der Waals surface area (Å²) in [6.45, 7) is 0. The molecule has 0 radical (unpaired) electrons. The van der Waals surface area contributed by atoms with Gasteiger partial charge in [0.25, 0.3) is 0 Å². The van der Waals surface area contributed by atoms with Gasteiger partial charge in [-0.25, -0.2) is 0 Å². The highest BCUT2D eigenvalue weighted by Crippen LogP contribution is 2.71. The van der Waals surface area contributed by atoms with Gasteiger partial charge in [0.05, 0.1) is 19.3 Å². The average molecular weight is 565 g/mol. The van der Waals surface area contributed by atoms with Crippen LogP contribution in [0.5, 0.6) is 0 Å². The summed E-state index contributed by atoms with van der Waals surface area (Å²) in [4.78, 5) is 54.4. The second-order valence-corrected chi connectivity index (χ2v) is 12.6. The molecule has 1 spiro atoms. The van der Waals surface area contributed by atoms with Crippen LogP contribution in [0.2, 0.25) is 0 Å². The number of carbonyl (C=O) groups is 4. The van der Waals surface area contributed by atoms with Crippen LogP contribution in [0, 0.1) is 35.0 Å². The van der Waals surface area contributed by atoms with E-state index in [4.69, 9.17) is 18.9 Å². The maximum absolute atomic E-state index is 14.8. The van der Waals surface area contributed by atoms with Crippen molar-refractivity contribution in [3.8, 4) is 0 Å². The van der Waals surface area contributed by atoms with Crippen molar-refractivity contribution in [1.29, 1.82) is 0 Å². The van der Waals surface area contributed by atoms with Crippen LogP contribution >= 0.6 is 0 Å². The predicted octanol–water partition coefficient (Wildman–Crippen LogP) is 4.33. The molecule has 4 fully saturated rings. The fraction of sp³-hybridized carbons (Fsp3) is 0.412. The van der Waals surface area contributed by atoms with E-state index in [1.54, 1.807) is 0 Å². The van der Waals surface area contributed by atoms with Crippen LogP contribution < -0.4 is 0 Å². The monoisotopic (exact) mass is 564 g/mol. The first-order valence-electron chi connectivity index (χ1n) is 14.8. The highest BCUT2D eigenvalue weighted by Gasteiger charge is 2.77. The first-order chi connectivity index (χ1) is 20.4. The molecule has 212 valence electrons. The molecular formula is C34H28O8. The van der Waals surface area contributed by atoms with Crippen molar-refractivity contribution in [2.75, 3.05) is 0 Å². The Balaban J connectivity index is 1.25. The number of rotatable bonds is 2. The van der Waals surface area contributed by atoms with Crippen LogP contribution in [-0.2, 0) is 38.1 Å². The smallest absolute Gasteiger partial charge is 0.306 e. The average Bonchev–Trinajstić information content (AvgIpc) is 3.60. The lowest BCUT2D eigenvalue weighted by Gasteiger charge is -2.63. The minimum Gasteiger partial charge on any atom is -0.489 e. The summed E-state index contributed by atoms with van der Waals surface area (Å²) in [5, 5.41) is 0. The normalized spacial score (nSPS) is 40.9. The second-order valence-electron chi connectivity index (χ2n) is 12.6. The molecule has 4 aliphatic carbocycles. The van der Waals surface area contributed by atoms with E-state index >= 15 is 0 Å². The molecule has 2 bridgehead atoms. The van der Waals surface area contributed by atoms with E-state index in [1.807, 2.05) is 66.7 Å². The molecule has 4 aliphatic heterocycles. The number of benzene rings is 2. The van der Waals surface area contributed by atoms with Crippen LogP contribution in [0.15, 0.2) is 83.8 Å². The Bertz CT molecular complexity index is 1630. The Hall–Kier alpha value is -4.20. The summed E-state index contributed by atoms with van der Waals surface area (Å²) in [6.07, 6.45) is 0.251. The summed E-state index contributed by atoms with van der Waals surface area (Å²) < 4.78 is 25.4. The van der Waals surface area contributed by atoms with Crippen molar-refractivity contribution >= 4 is 23.5 Å². The fourth-order valence-electron chi connectivity index (χ4n) is 9.35. The summed E-state index contributed by atoms with van der Waals surface area (Å²) in [7, 11) is 0. The summed E-state index contributed by atoms with van der Waals surface area (Å²) >= 11 is 0. The minimum absolute atomic E-state index is 0.0530. The predicted molar refractivity (Wildman–Crippen MR) is 144 cm³/mol. The lowest BCUT2D eigenvalue weighted by molar-refractivity contribution is -0.198. The molecule has 1 saturated carbocycles. The quantitative estimate of drug-likeness (QED) is 0.497. The second kappa shape index (κ2) is 8.43. The molecule has 4 heterocycles. The van der Waals surface area contributed by atoms with Gasteiger partial charge in [-0.2, -0.15) is 0 Å². The maximum atomic E-state index is 14.8. The highest BCUT2D eigenvalue weighted by atomic mass is 16.6. The van der Waals surface area contributed by atoms with E-state index < -0.39 is 47.6 Å². The van der Waals surface area contributed by atoms with Crippen molar-refractivity contribution < 1.29 is 38.1 Å². The first kappa shape index (κ1) is 24.4. The number of Topliss-reactive ketones (excluding diaryl/α,β-unsaturated/α-hetero) is 2. The van der Waals surface area contributed by atoms with E-state index in [9.17, 15) is 19.2 Å². The van der Waals surface area contributed by atoms with Gasteiger partial charge in [0.15, 0.2) is 11.6 Å². The zero-order chi connectivity index (χ0) is 28.3. The highest BCUT2D eigenvalue weighted by molar-refractivity contribution is 6.00. The van der Waals surface area contributed by atoms with E-state index in [-0.39, 0.29) is 61.0 Å². The Morgan fingerprint density at radius 3 is 2.02 bits per heavy atom. The van der Waals surface area contributed by atoms with Gasteiger partial charge in [-0.1, -0.05) is 60.7 Å². The first-order valence-corrected chi connectivity index (χ1v) is 14.8. The molecule has 8 heteroatoms. The van der Waals surface area contributed by atoms with Gasteiger partial charge in [-0.15, -0.1) is 0 Å². The molecule has 10 rings (SSSR count). The number of ether oxygens (including phenoxy) is 4. The number of hydrogen-bond donors (Lipinski definition) is 0. The summed E-state index contributed by atoms with van der Waals surface area (Å²) in [5.74, 6) is -2.11. The van der Waals surface area contributed by atoms with Gasteiger partial charge in [0.2, 0.25) is 0 Å². The molecule has 3 saturated heterocycles.